The van der Waals surface area contributed by atoms with Gasteiger partial charge < -0.3 is 18.9 Å². The maximum Gasteiger partial charge on any atom is 0.245 e. The molecule has 2 rings (SSSR count). The molecule has 1 unspecified atom stereocenters. The second-order valence-electron chi connectivity index (χ2n) is 4.90. The average molecular weight is 285 g/mol. The van der Waals surface area contributed by atoms with E-state index >= 15 is 0 Å². The summed E-state index contributed by atoms with van der Waals surface area (Å²) >= 11 is 0. The van der Waals surface area contributed by atoms with Gasteiger partial charge >= 0.3 is 0 Å². The summed E-state index contributed by atoms with van der Waals surface area (Å²) in [6.07, 6.45) is 8.82. The van der Waals surface area contributed by atoms with Crippen molar-refractivity contribution in [3.63, 3.8) is 0 Å². The van der Waals surface area contributed by atoms with Crippen molar-refractivity contribution in [1.29, 1.82) is 0 Å². The molecular weight excluding hydrogens is 260 g/mol. The lowest BCUT2D eigenvalue weighted by Gasteiger charge is -2.05. The smallest absolute Gasteiger partial charge is 0.245 e. The molecule has 0 radical (unpaired) electrons. The standard InChI is InChI=1S/C14H25N2O4/c1-17-7-8-18-9-10-19-13-16-5-4-15(12-16)11-14-3-2-6-20-14/h4-5,12,14H,2-3,6-11,13H2,1H3/q+1. The highest BCUT2D eigenvalue weighted by molar-refractivity contribution is 4.72. The Balaban J connectivity index is 1.55. The van der Waals surface area contributed by atoms with E-state index in [1.165, 1.54) is 6.42 Å². The maximum absolute atomic E-state index is 5.62. The number of aromatic nitrogens is 2. The monoisotopic (exact) mass is 285 g/mol. The molecule has 0 spiro atoms. The molecule has 1 aliphatic heterocycles. The minimum atomic E-state index is 0.367. The van der Waals surface area contributed by atoms with Gasteiger partial charge in [0.1, 0.15) is 18.9 Å². The van der Waals surface area contributed by atoms with Gasteiger partial charge in [-0.05, 0) is 12.8 Å². The van der Waals surface area contributed by atoms with Crippen LogP contribution in [-0.2, 0) is 32.2 Å². The van der Waals surface area contributed by atoms with Crippen LogP contribution < -0.4 is 4.57 Å². The van der Waals surface area contributed by atoms with Crippen molar-refractivity contribution in [3.8, 4) is 0 Å². The zero-order chi connectivity index (χ0) is 14.0. The van der Waals surface area contributed by atoms with Gasteiger partial charge in [-0.1, -0.05) is 0 Å². The summed E-state index contributed by atoms with van der Waals surface area (Å²) in [7, 11) is 1.66. The van der Waals surface area contributed by atoms with E-state index < -0.39 is 0 Å². The van der Waals surface area contributed by atoms with Crippen molar-refractivity contribution in [2.24, 2.45) is 0 Å². The summed E-state index contributed by atoms with van der Waals surface area (Å²) < 4.78 is 25.5. The third-order valence-electron chi connectivity index (χ3n) is 3.23. The van der Waals surface area contributed by atoms with Crippen molar-refractivity contribution in [1.82, 2.24) is 4.57 Å². The molecule has 0 N–H and O–H groups in total. The highest BCUT2D eigenvalue weighted by atomic mass is 16.5. The summed E-state index contributed by atoms with van der Waals surface area (Å²) in [5.41, 5.74) is 0. The van der Waals surface area contributed by atoms with Gasteiger partial charge in [0, 0.05) is 13.7 Å². The van der Waals surface area contributed by atoms with Gasteiger partial charge in [0.25, 0.3) is 0 Å². The normalized spacial score (nSPS) is 18.8. The Hall–Kier alpha value is -0.950. The summed E-state index contributed by atoms with van der Waals surface area (Å²) in [6.45, 7) is 4.80. The minimum absolute atomic E-state index is 0.367. The van der Waals surface area contributed by atoms with Crippen molar-refractivity contribution in [2.45, 2.75) is 32.2 Å². The lowest BCUT2D eigenvalue weighted by molar-refractivity contribution is -0.732. The SMILES string of the molecule is COCCOCCOC[n+]1ccn(CC2CCCO2)c1. The Morgan fingerprint density at radius 3 is 2.90 bits per heavy atom. The number of methoxy groups -OCH3 is 1. The van der Waals surface area contributed by atoms with Gasteiger partial charge in [-0.25, -0.2) is 9.13 Å². The fourth-order valence-corrected chi connectivity index (χ4v) is 2.18. The lowest BCUT2D eigenvalue weighted by Crippen LogP contribution is -2.33. The molecular formula is C14H25N2O4+. The van der Waals surface area contributed by atoms with E-state index in [9.17, 15) is 0 Å². The second-order valence-corrected chi connectivity index (χ2v) is 4.90. The fourth-order valence-electron chi connectivity index (χ4n) is 2.18. The quantitative estimate of drug-likeness (QED) is 0.466. The van der Waals surface area contributed by atoms with Gasteiger partial charge in [0.15, 0.2) is 6.73 Å². The van der Waals surface area contributed by atoms with Crippen LogP contribution in [0.25, 0.3) is 0 Å². The zero-order valence-corrected chi connectivity index (χ0v) is 12.2. The molecule has 1 fully saturated rings. The number of rotatable bonds is 10. The Bertz CT molecular complexity index is 364. The maximum atomic E-state index is 5.62. The molecule has 1 atom stereocenters. The van der Waals surface area contributed by atoms with Crippen LogP contribution in [0.4, 0.5) is 0 Å². The third-order valence-corrected chi connectivity index (χ3v) is 3.23. The van der Waals surface area contributed by atoms with E-state index in [2.05, 4.69) is 10.8 Å². The van der Waals surface area contributed by atoms with Crippen LogP contribution in [0.5, 0.6) is 0 Å². The van der Waals surface area contributed by atoms with Crippen LogP contribution >= 0.6 is 0 Å². The summed E-state index contributed by atoms with van der Waals surface area (Å²) in [5, 5.41) is 0. The van der Waals surface area contributed by atoms with Crippen LogP contribution in [0.2, 0.25) is 0 Å². The number of hydrogen-bond acceptors (Lipinski definition) is 4. The topological polar surface area (TPSA) is 45.7 Å². The number of ether oxygens (including phenoxy) is 4. The Labute approximate surface area is 120 Å². The average Bonchev–Trinajstić information content (AvgIpc) is 3.10. The minimum Gasteiger partial charge on any atom is -0.382 e. The molecule has 6 nitrogen and oxygen atoms in total. The predicted octanol–water partition coefficient (Wildman–Crippen LogP) is 0.592. The van der Waals surface area contributed by atoms with Crippen LogP contribution in [0.1, 0.15) is 12.8 Å². The summed E-state index contributed by atoms with van der Waals surface area (Å²) in [6, 6.07) is 0. The highest BCUT2D eigenvalue weighted by Crippen LogP contribution is 2.13. The molecule has 1 aromatic rings. The number of nitrogens with zero attached hydrogens (tertiary/aromatic N) is 2. The first kappa shape index (κ1) is 15.4. The molecule has 6 heteroatoms. The van der Waals surface area contributed by atoms with Crippen molar-refractivity contribution >= 4 is 0 Å². The molecule has 0 amide bonds. The summed E-state index contributed by atoms with van der Waals surface area (Å²) in [5.74, 6) is 0. The first-order chi connectivity index (χ1) is 9.88. The van der Waals surface area contributed by atoms with E-state index in [-0.39, 0.29) is 0 Å². The Morgan fingerprint density at radius 2 is 2.10 bits per heavy atom. The van der Waals surface area contributed by atoms with E-state index in [4.69, 9.17) is 18.9 Å². The molecule has 0 bridgehead atoms. The first-order valence-electron chi connectivity index (χ1n) is 7.19. The summed E-state index contributed by atoms with van der Waals surface area (Å²) in [4.78, 5) is 0. The molecule has 0 aromatic carbocycles. The molecule has 2 heterocycles. The lowest BCUT2D eigenvalue weighted by atomic mass is 10.2. The van der Waals surface area contributed by atoms with E-state index in [0.717, 1.165) is 19.6 Å². The zero-order valence-electron chi connectivity index (χ0n) is 12.2. The predicted molar refractivity (Wildman–Crippen MR) is 72.2 cm³/mol. The Kier molecular flexibility index (Phi) is 7.00. The third kappa shape index (κ3) is 5.58. The highest BCUT2D eigenvalue weighted by Gasteiger charge is 2.18. The molecule has 114 valence electrons. The molecule has 1 aromatic heterocycles. The van der Waals surface area contributed by atoms with Crippen LogP contribution in [0.15, 0.2) is 18.7 Å². The Morgan fingerprint density at radius 1 is 1.25 bits per heavy atom. The van der Waals surface area contributed by atoms with Gasteiger partial charge in [-0.2, -0.15) is 0 Å². The van der Waals surface area contributed by atoms with Crippen LogP contribution in [0, 0.1) is 0 Å². The van der Waals surface area contributed by atoms with Gasteiger partial charge in [-0.3, -0.25) is 0 Å². The van der Waals surface area contributed by atoms with Crippen LogP contribution in [-0.4, -0.2) is 50.8 Å². The van der Waals surface area contributed by atoms with Gasteiger partial charge in [0.05, 0.1) is 32.5 Å². The molecule has 0 aliphatic carbocycles. The van der Waals surface area contributed by atoms with Crippen molar-refractivity contribution < 1.29 is 23.5 Å². The molecule has 1 aliphatic rings. The van der Waals surface area contributed by atoms with Crippen molar-refractivity contribution in [2.75, 3.05) is 40.1 Å². The van der Waals surface area contributed by atoms with E-state index in [1.807, 2.05) is 17.1 Å². The van der Waals surface area contributed by atoms with E-state index in [1.54, 1.807) is 7.11 Å². The second kappa shape index (κ2) is 9.07. The van der Waals surface area contributed by atoms with Crippen molar-refractivity contribution in [3.05, 3.63) is 18.7 Å². The number of imidazole rings is 1. The molecule has 1 saturated heterocycles. The van der Waals surface area contributed by atoms with Gasteiger partial charge in [-0.15, -0.1) is 0 Å². The fraction of sp³-hybridized carbons (Fsp3) is 0.786. The largest absolute Gasteiger partial charge is 0.382 e. The van der Waals surface area contributed by atoms with Gasteiger partial charge in [0.2, 0.25) is 6.33 Å². The van der Waals surface area contributed by atoms with E-state index in [0.29, 0.717) is 39.3 Å². The molecule has 0 saturated carbocycles. The molecule has 20 heavy (non-hydrogen) atoms. The first-order valence-corrected chi connectivity index (χ1v) is 7.19. The number of hydrogen-bond donors (Lipinski definition) is 0. The van der Waals surface area contributed by atoms with Crippen LogP contribution in [0.3, 0.4) is 0 Å².